The lowest BCUT2D eigenvalue weighted by Crippen LogP contribution is -1.99. The van der Waals surface area contributed by atoms with Crippen LogP contribution in [0.3, 0.4) is 0 Å². The average Bonchev–Trinajstić information content (AvgIpc) is 2.47. The summed E-state index contributed by atoms with van der Waals surface area (Å²) < 4.78 is 5.51. The Morgan fingerprint density at radius 2 is 1.75 bits per heavy atom. The van der Waals surface area contributed by atoms with Gasteiger partial charge >= 0.3 is 0 Å². The lowest BCUT2D eigenvalue weighted by molar-refractivity contribution is 0.317. The predicted octanol–water partition coefficient (Wildman–Crippen LogP) is 3.50. The first-order valence-corrected chi connectivity index (χ1v) is 6.66. The van der Waals surface area contributed by atoms with Gasteiger partial charge in [-0.05, 0) is 48.4 Å². The lowest BCUT2D eigenvalue weighted by atomic mass is 10.2. The van der Waals surface area contributed by atoms with Crippen LogP contribution in [0.15, 0.2) is 42.5 Å². The van der Waals surface area contributed by atoms with Crippen molar-refractivity contribution >= 4 is 5.69 Å². The van der Waals surface area contributed by atoms with Crippen LogP contribution in [-0.2, 0) is 6.54 Å². The molecule has 4 nitrogen and oxygen atoms in total. The first kappa shape index (κ1) is 14.1. The van der Waals surface area contributed by atoms with E-state index in [1.807, 2.05) is 24.3 Å². The fraction of sp³-hybridized carbons (Fsp3) is 0.250. The van der Waals surface area contributed by atoms with Crippen molar-refractivity contribution in [1.82, 2.24) is 0 Å². The van der Waals surface area contributed by atoms with E-state index in [0.717, 1.165) is 30.0 Å². The number of ether oxygens (including phenoxy) is 1. The summed E-state index contributed by atoms with van der Waals surface area (Å²) in [6, 6.07) is 12.5. The van der Waals surface area contributed by atoms with Crippen molar-refractivity contribution in [2.24, 2.45) is 0 Å². The van der Waals surface area contributed by atoms with Crippen LogP contribution in [0.1, 0.15) is 18.9 Å². The van der Waals surface area contributed by atoms with Gasteiger partial charge in [-0.1, -0.05) is 13.0 Å². The van der Waals surface area contributed by atoms with Gasteiger partial charge in [0.05, 0.1) is 6.61 Å². The van der Waals surface area contributed by atoms with Crippen LogP contribution in [-0.4, -0.2) is 16.8 Å². The third-order valence-electron chi connectivity index (χ3n) is 2.86. The minimum absolute atomic E-state index is 0.104. The van der Waals surface area contributed by atoms with Gasteiger partial charge in [0.2, 0.25) is 0 Å². The van der Waals surface area contributed by atoms with E-state index in [4.69, 9.17) is 4.74 Å². The van der Waals surface area contributed by atoms with Gasteiger partial charge in [-0.25, -0.2) is 0 Å². The van der Waals surface area contributed by atoms with Gasteiger partial charge in [-0.15, -0.1) is 0 Å². The van der Waals surface area contributed by atoms with Crippen molar-refractivity contribution in [3.05, 3.63) is 48.0 Å². The van der Waals surface area contributed by atoms with Crippen molar-refractivity contribution in [1.29, 1.82) is 0 Å². The Bertz CT molecular complexity index is 552. The summed E-state index contributed by atoms with van der Waals surface area (Å²) in [5.74, 6) is 0.651. The van der Waals surface area contributed by atoms with E-state index < -0.39 is 0 Å². The molecular weight excluding hydrogens is 254 g/mol. The highest BCUT2D eigenvalue weighted by Crippen LogP contribution is 2.25. The largest absolute Gasteiger partial charge is 0.504 e. The molecular formula is C16H19NO3. The van der Waals surface area contributed by atoms with Crippen molar-refractivity contribution in [3.63, 3.8) is 0 Å². The van der Waals surface area contributed by atoms with Gasteiger partial charge in [-0.3, -0.25) is 0 Å². The second-order valence-electron chi connectivity index (χ2n) is 4.55. The van der Waals surface area contributed by atoms with Crippen molar-refractivity contribution in [3.8, 4) is 17.2 Å². The van der Waals surface area contributed by atoms with Crippen LogP contribution in [0, 0.1) is 0 Å². The topological polar surface area (TPSA) is 61.7 Å². The Hall–Kier alpha value is -2.36. The molecule has 0 aromatic heterocycles. The van der Waals surface area contributed by atoms with Gasteiger partial charge in [0.25, 0.3) is 0 Å². The van der Waals surface area contributed by atoms with E-state index in [9.17, 15) is 10.2 Å². The van der Waals surface area contributed by atoms with Gasteiger partial charge in [0, 0.05) is 12.2 Å². The zero-order chi connectivity index (χ0) is 14.4. The number of benzene rings is 2. The molecule has 0 amide bonds. The van der Waals surface area contributed by atoms with Crippen LogP contribution < -0.4 is 10.1 Å². The van der Waals surface area contributed by atoms with Crippen molar-refractivity contribution in [2.45, 2.75) is 19.9 Å². The van der Waals surface area contributed by atoms with Crippen LogP contribution in [0.25, 0.3) is 0 Å². The monoisotopic (exact) mass is 273 g/mol. The normalized spacial score (nSPS) is 10.2. The highest BCUT2D eigenvalue weighted by atomic mass is 16.5. The molecule has 0 radical (unpaired) electrons. The van der Waals surface area contributed by atoms with E-state index in [1.54, 1.807) is 12.1 Å². The van der Waals surface area contributed by atoms with Crippen LogP contribution in [0.4, 0.5) is 5.69 Å². The number of rotatable bonds is 6. The van der Waals surface area contributed by atoms with Gasteiger partial charge in [-0.2, -0.15) is 0 Å². The summed E-state index contributed by atoms with van der Waals surface area (Å²) in [4.78, 5) is 0. The smallest absolute Gasteiger partial charge is 0.157 e. The first-order chi connectivity index (χ1) is 9.69. The highest BCUT2D eigenvalue weighted by Gasteiger charge is 2.01. The molecule has 20 heavy (non-hydrogen) atoms. The molecule has 3 N–H and O–H groups in total. The number of hydrogen-bond donors (Lipinski definition) is 3. The van der Waals surface area contributed by atoms with Crippen molar-refractivity contribution in [2.75, 3.05) is 11.9 Å². The number of aromatic hydroxyl groups is 2. The molecule has 0 fully saturated rings. The third kappa shape index (κ3) is 3.82. The molecule has 0 atom stereocenters. The molecule has 0 aliphatic carbocycles. The van der Waals surface area contributed by atoms with Crippen LogP contribution >= 0.6 is 0 Å². The molecule has 0 saturated heterocycles. The Labute approximate surface area is 118 Å². The number of phenols is 2. The summed E-state index contributed by atoms with van der Waals surface area (Å²) in [7, 11) is 0. The average molecular weight is 273 g/mol. The van der Waals surface area contributed by atoms with E-state index in [2.05, 4.69) is 12.2 Å². The zero-order valence-electron chi connectivity index (χ0n) is 11.5. The molecule has 0 spiro atoms. The molecule has 0 saturated carbocycles. The molecule has 106 valence electrons. The minimum atomic E-state index is -0.105. The molecule has 0 aliphatic rings. The number of nitrogens with one attached hydrogen (secondary N) is 1. The summed E-state index contributed by atoms with van der Waals surface area (Å²) in [5.41, 5.74) is 1.87. The molecule has 0 bridgehead atoms. The van der Waals surface area contributed by atoms with Crippen LogP contribution in [0.5, 0.6) is 17.2 Å². The van der Waals surface area contributed by atoms with E-state index in [0.29, 0.717) is 6.54 Å². The Morgan fingerprint density at radius 1 is 1.00 bits per heavy atom. The summed E-state index contributed by atoms with van der Waals surface area (Å²) in [6.07, 6.45) is 0.990. The van der Waals surface area contributed by atoms with Gasteiger partial charge in [0.1, 0.15) is 5.75 Å². The highest BCUT2D eigenvalue weighted by molar-refractivity contribution is 5.48. The second kappa shape index (κ2) is 6.70. The Morgan fingerprint density at radius 3 is 2.40 bits per heavy atom. The maximum atomic E-state index is 9.42. The number of hydrogen-bond acceptors (Lipinski definition) is 4. The Kier molecular flexibility index (Phi) is 4.71. The SMILES string of the molecule is CCCOc1ccc(NCc2ccc(O)c(O)c2)cc1. The fourth-order valence-electron chi connectivity index (χ4n) is 1.77. The van der Waals surface area contributed by atoms with E-state index in [-0.39, 0.29) is 11.5 Å². The van der Waals surface area contributed by atoms with Gasteiger partial charge in [0.15, 0.2) is 11.5 Å². The summed E-state index contributed by atoms with van der Waals surface area (Å²) >= 11 is 0. The summed E-state index contributed by atoms with van der Waals surface area (Å²) in [5, 5.41) is 21.9. The molecule has 0 aliphatic heterocycles. The lowest BCUT2D eigenvalue weighted by Gasteiger charge is -2.09. The molecule has 4 heteroatoms. The van der Waals surface area contributed by atoms with E-state index >= 15 is 0 Å². The first-order valence-electron chi connectivity index (χ1n) is 6.66. The summed E-state index contributed by atoms with van der Waals surface area (Å²) in [6.45, 7) is 3.37. The maximum absolute atomic E-state index is 9.42. The molecule has 0 heterocycles. The van der Waals surface area contributed by atoms with E-state index in [1.165, 1.54) is 6.07 Å². The zero-order valence-corrected chi connectivity index (χ0v) is 11.5. The molecule has 2 rings (SSSR count). The Balaban J connectivity index is 1.91. The minimum Gasteiger partial charge on any atom is -0.504 e. The quantitative estimate of drug-likeness (QED) is 0.705. The molecule has 2 aromatic rings. The number of phenolic OH excluding ortho intramolecular Hbond substituents is 2. The number of anilines is 1. The second-order valence-corrected chi connectivity index (χ2v) is 4.55. The molecule has 2 aromatic carbocycles. The maximum Gasteiger partial charge on any atom is 0.157 e. The predicted molar refractivity (Wildman–Crippen MR) is 79.3 cm³/mol. The van der Waals surface area contributed by atoms with Crippen LogP contribution in [0.2, 0.25) is 0 Å². The third-order valence-corrected chi connectivity index (χ3v) is 2.86. The molecule has 0 unspecified atom stereocenters. The van der Waals surface area contributed by atoms with Gasteiger partial charge < -0.3 is 20.3 Å². The fourth-order valence-corrected chi connectivity index (χ4v) is 1.77. The standard InChI is InChI=1S/C16H19NO3/c1-2-9-20-14-6-4-13(5-7-14)17-11-12-3-8-15(18)16(19)10-12/h3-8,10,17-19H,2,9,11H2,1H3. The van der Waals surface area contributed by atoms with Crippen molar-refractivity contribution < 1.29 is 14.9 Å².